The second kappa shape index (κ2) is 7.48. The summed E-state index contributed by atoms with van der Waals surface area (Å²) >= 11 is 3.39. The van der Waals surface area contributed by atoms with Crippen LogP contribution in [0.25, 0.3) is 0 Å². The first-order chi connectivity index (χ1) is 8.17. The van der Waals surface area contributed by atoms with Crippen LogP contribution in [0.4, 0.5) is 5.95 Å². The van der Waals surface area contributed by atoms with Gasteiger partial charge in [0.2, 0.25) is 11.8 Å². The first-order valence-electron chi connectivity index (χ1n) is 6.06. The standard InChI is InChI=1S/C12H20BrN3O/c1-4-6-9(3)8-17-11-10(13)7-15-12(16-11)14-5-2/h7,9H,4-6,8H2,1-3H3,(H,14,15,16). The van der Waals surface area contributed by atoms with Crippen LogP contribution < -0.4 is 10.1 Å². The predicted molar refractivity (Wildman–Crippen MR) is 73.5 cm³/mol. The summed E-state index contributed by atoms with van der Waals surface area (Å²) < 4.78 is 6.49. The molecule has 1 unspecified atom stereocenters. The fraction of sp³-hybridized carbons (Fsp3) is 0.667. The van der Waals surface area contributed by atoms with Gasteiger partial charge in [0.1, 0.15) is 0 Å². The van der Waals surface area contributed by atoms with Crippen molar-refractivity contribution in [2.24, 2.45) is 5.92 Å². The second-order valence-corrected chi connectivity index (χ2v) is 4.94. The quantitative estimate of drug-likeness (QED) is 0.837. The lowest BCUT2D eigenvalue weighted by Gasteiger charge is -2.13. The fourth-order valence-corrected chi connectivity index (χ4v) is 1.80. The Balaban J connectivity index is 2.59. The Morgan fingerprint density at radius 1 is 1.47 bits per heavy atom. The minimum atomic E-state index is 0.546. The number of nitrogens with one attached hydrogen (secondary N) is 1. The molecule has 1 aromatic heterocycles. The molecule has 17 heavy (non-hydrogen) atoms. The highest BCUT2D eigenvalue weighted by atomic mass is 79.9. The largest absolute Gasteiger partial charge is 0.476 e. The van der Waals surface area contributed by atoms with Crippen molar-refractivity contribution in [1.29, 1.82) is 0 Å². The zero-order valence-electron chi connectivity index (χ0n) is 10.7. The van der Waals surface area contributed by atoms with Gasteiger partial charge in [0.05, 0.1) is 17.3 Å². The topological polar surface area (TPSA) is 47.0 Å². The molecule has 0 spiro atoms. The van der Waals surface area contributed by atoms with Gasteiger partial charge in [-0.2, -0.15) is 4.98 Å². The highest BCUT2D eigenvalue weighted by Crippen LogP contribution is 2.23. The summed E-state index contributed by atoms with van der Waals surface area (Å²) in [5, 5.41) is 3.06. The molecule has 0 amide bonds. The molecule has 1 atom stereocenters. The predicted octanol–water partition coefficient (Wildman–Crippen LogP) is 3.49. The molecule has 96 valence electrons. The maximum Gasteiger partial charge on any atom is 0.232 e. The third-order valence-corrected chi connectivity index (χ3v) is 2.88. The zero-order valence-corrected chi connectivity index (χ0v) is 12.2. The lowest BCUT2D eigenvalue weighted by molar-refractivity contribution is 0.241. The maximum absolute atomic E-state index is 5.70. The number of anilines is 1. The van der Waals surface area contributed by atoms with Gasteiger partial charge >= 0.3 is 0 Å². The van der Waals surface area contributed by atoms with Gasteiger partial charge in [-0.15, -0.1) is 0 Å². The average Bonchev–Trinajstić information content (AvgIpc) is 2.30. The van der Waals surface area contributed by atoms with Crippen LogP contribution in [0.1, 0.15) is 33.6 Å². The fourth-order valence-electron chi connectivity index (χ4n) is 1.49. The van der Waals surface area contributed by atoms with Crippen LogP contribution in [-0.2, 0) is 0 Å². The molecular weight excluding hydrogens is 282 g/mol. The normalized spacial score (nSPS) is 12.2. The summed E-state index contributed by atoms with van der Waals surface area (Å²) in [6, 6.07) is 0. The van der Waals surface area contributed by atoms with Gasteiger partial charge in [0.15, 0.2) is 0 Å². The van der Waals surface area contributed by atoms with Crippen molar-refractivity contribution in [2.75, 3.05) is 18.5 Å². The van der Waals surface area contributed by atoms with E-state index in [4.69, 9.17) is 4.74 Å². The SMILES string of the molecule is CCCC(C)COc1nc(NCC)ncc1Br. The van der Waals surface area contributed by atoms with Crippen molar-refractivity contribution in [3.63, 3.8) is 0 Å². The highest BCUT2D eigenvalue weighted by Gasteiger charge is 2.08. The van der Waals surface area contributed by atoms with E-state index in [1.165, 1.54) is 12.8 Å². The number of aromatic nitrogens is 2. The van der Waals surface area contributed by atoms with Crippen LogP contribution in [0, 0.1) is 5.92 Å². The third-order valence-electron chi connectivity index (χ3n) is 2.33. The Labute approximate surface area is 111 Å². The van der Waals surface area contributed by atoms with E-state index in [-0.39, 0.29) is 0 Å². The molecule has 0 aliphatic carbocycles. The summed E-state index contributed by atoms with van der Waals surface area (Å²) in [7, 11) is 0. The molecule has 0 aliphatic rings. The minimum Gasteiger partial charge on any atom is -0.476 e. The molecule has 0 saturated carbocycles. The van der Waals surface area contributed by atoms with Crippen LogP contribution in [0.2, 0.25) is 0 Å². The van der Waals surface area contributed by atoms with Gasteiger partial charge in [-0.05, 0) is 35.2 Å². The van der Waals surface area contributed by atoms with Crippen LogP contribution >= 0.6 is 15.9 Å². The number of hydrogen-bond donors (Lipinski definition) is 1. The van der Waals surface area contributed by atoms with Crippen molar-refractivity contribution in [1.82, 2.24) is 9.97 Å². The second-order valence-electron chi connectivity index (χ2n) is 4.08. The Morgan fingerprint density at radius 3 is 2.88 bits per heavy atom. The minimum absolute atomic E-state index is 0.546. The van der Waals surface area contributed by atoms with E-state index in [2.05, 4.69) is 45.1 Å². The van der Waals surface area contributed by atoms with Crippen LogP contribution in [0.15, 0.2) is 10.7 Å². The number of rotatable bonds is 7. The van der Waals surface area contributed by atoms with E-state index in [9.17, 15) is 0 Å². The van der Waals surface area contributed by atoms with E-state index in [1.807, 2.05) is 6.92 Å². The first kappa shape index (κ1) is 14.2. The lowest BCUT2D eigenvalue weighted by Crippen LogP contribution is -2.10. The van der Waals surface area contributed by atoms with Crippen LogP contribution in [-0.4, -0.2) is 23.1 Å². The lowest BCUT2D eigenvalue weighted by atomic mass is 10.1. The first-order valence-corrected chi connectivity index (χ1v) is 6.85. The molecular formula is C12H20BrN3O. The van der Waals surface area contributed by atoms with Gasteiger partial charge in [-0.1, -0.05) is 20.3 Å². The molecule has 0 fully saturated rings. The third kappa shape index (κ3) is 4.89. The monoisotopic (exact) mass is 301 g/mol. The molecule has 1 heterocycles. The molecule has 1 N–H and O–H groups in total. The molecule has 0 aromatic carbocycles. The van der Waals surface area contributed by atoms with E-state index in [0.29, 0.717) is 24.4 Å². The van der Waals surface area contributed by atoms with Crippen molar-refractivity contribution in [2.45, 2.75) is 33.6 Å². The van der Waals surface area contributed by atoms with Gasteiger partial charge < -0.3 is 10.1 Å². The number of halogens is 1. The molecule has 5 heteroatoms. The smallest absolute Gasteiger partial charge is 0.232 e. The Hall–Kier alpha value is -0.840. The zero-order chi connectivity index (χ0) is 12.7. The molecule has 0 radical (unpaired) electrons. The highest BCUT2D eigenvalue weighted by molar-refractivity contribution is 9.10. The maximum atomic E-state index is 5.70. The van der Waals surface area contributed by atoms with Crippen LogP contribution in [0.5, 0.6) is 5.88 Å². The van der Waals surface area contributed by atoms with Crippen molar-refractivity contribution >= 4 is 21.9 Å². The summed E-state index contributed by atoms with van der Waals surface area (Å²) in [6.45, 7) is 7.86. The number of nitrogens with zero attached hydrogens (tertiary/aromatic N) is 2. The van der Waals surface area contributed by atoms with Gasteiger partial charge in [0.25, 0.3) is 0 Å². The van der Waals surface area contributed by atoms with E-state index in [1.54, 1.807) is 6.20 Å². The van der Waals surface area contributed by atoms with Gasteiger partial charge in [-0.25, -0.2) is 4.98 Å². The summed E-state index contributed by atoms with van der Waals surface area (Å²) in [5.41, 5.74) is 0. The Bertz CT molecular complexity index is 347. The van der Waals surface area contributed by atoms with E-state index >= 15 is 0 Å². The molecule has 4 nitrogen and oxygen atoms in total. The van der Waals surface area contributed by atoms with Gasteiger partial charge in [-0.3, -0.25) is 0 Å². The van der Waals surface area contributed by atoms with Gasteiger partial charge in [0, 0.05) is 6.54 Å². The summed E-state index contributed by atoms with van der Waals surface area (Å²) in [5.74, 6) is 1.76. The molecule has 0 aliphatic heterocycles. The summed E-state index contributed by atoms with van der Waals surface area (Å²) in [6.07, 6.45) is 4.06. The average molecular weight is 302 g/mol. The van der Waals surface area contributed by atoms with E-state index < -0.39 is 0 Å². The molecule has 1 rings (SSSR count). The molecule has 0 saturated heterocycles. The molecule has 0 bridgehead atoms. The van der Waals surface area contributed by atoms with Crippen molar-refractivity contribution in [3.8, 4) is 5.88 Å². The molecule has 1 aromatic rings. The number of hydrogen-bond acceptors (Lipinski definition) is 4. The Morgan fingerprint density at radius 2 is 2.24 bits per heavy atom. The van der Waals surface area contributed by atoms with Crippen LogP contribution in [0.3, 0.4) is 0 Å². The Kier molecular flexibility index (Phi) is 6.26. The van der Waals surface area contributed by atoms with Crippen molar-refractivity contribution in [3.05, 3.63) is 10.7 Å². The number of ether oxygens (including phenoxy) is 1. The van der Waals surface area contributed by atoms with E-state index in [0.717, 1.165) is 11.0 Å². The summed E-state index contributed by atoms with van der Waals surface area (Å²) in [4.78, 5) is 8.45. The van der Waals surface area contributed by atoms with Crippen molar-refractivity contribution < 1.29 is 4.74 Å².